The van der Waals surface area contributed by atoms with Gasteiger partial charge in [-0.3, -0.25) is 9.78 Å². The molecule has 0 atom stereocenters. The average molecular weight is 417 g/mol. The standard InChI is InChI=1S/C25H28N4O2/c1-2-31-22-8-6-7-19(17-22)18-28-25(30)21-11-9-20(10-12-21)23-24(27-14-13-26-23)29-15-4-3-5-16-29/h6-14,17H,2-5,15-16,18H2,1H3,(H,28,30). The topological polar surface area (TPSA) is 67.3 Å². The third-order valence-electron chi connectivity index (χ3n) is 5.42. The molecular weight excluding hydrogens is 388 g/mol. The Bertz CT molecular complexity index is 1010. The molecule has 6 nitrogen and oxygen atoms in total. The fourth-order valence-corrected chi connectivity index (χ4v) is 3.85. The summed E-state index contributed by atoms with van der Waals surface area (Å²) in [5, 5.41) is 2.98. The van der Waals surface area contributed by atoms with Crippen molar-refractivity contribution in [2.75, 3.05) is 24.6 Å². The third kappa shape index (κ3) is 5.20. The van der Waals surface area contributed by atoms with Gasteiger partial charge in [-0.25, -0.2) is 4.98 Å². The molecule has 0 aliphatic carbocycles. The Morgan fingerprint density at radius 1 is 1.03 bits per heavy atom. The number of carbonyl (C=O) groups is 1. The van der Waals surface area contributed by atoms with Crippen LogP contribution in [-0.4, -0.2) is 35.6 Å². The van der Waals surface area contributed by atoms with Crippen molar-refractivity contribution in [1.82, 2.24) is 15.3 Å². The SMILES string of the molecule is CCOc1cccc(CNC(=O)c2ccc(-c3nccnc3N3CCCCC3)cc2)c1. The third-order valence-corrected chi connectivity index (χ3v) is 5.42. The minimum absolute atomic E-state index is 0.108. The number of hydrogen-bond donors (Lipinski definition) is 1. The second kappa shape index (κ2) is 10.1. The summed E-state index contributed by atoms with van der Waals surface area (Å²) in [6.45, 7) is 5.04. The van der Waals surface area contributed by atoms with Crippen molar-refractivity contribution in [3.8, 4) is 17.0 Å². The number of carbonyl (C=O) groups excluding carboxylic acids is 1. The van der Waals surface area contributed by atoms with Crippen molar-refractivity contribution in [3.05, 3.63) is 72.1 Å². The molecule has 1 aliphatic rings. The minimum atomic E-state index is -0.108. The highest BCUT2D eigenvalue weighted by atomic mass is 16.5. The lowest BCUT2D eigenvalue weighted by Crippen LogP contribution is -2.30. The highest BCUT2D eigenvalue weighted by Crippen LogP contribution is 2.28. The second-order valence-corrected chi connectivity index (χ2v) is 7.62. The van der Waals surface area contributed by atoms with Gasteiger partial charge in [0.05, 0.1) is 6.61 Å². The average Bonchev–Trinajstić information content (AvgIpc) is 2.84. The van der Waals surface area contributed by atoms with Crippen LogP contribution in [0.5, 0.6) is 5.75 Å². The first-order chi connectivity index (χ1) is 15.2. The summed E-state index contributed by atoms with van der Waals surface area (Å²) in [7, 11) is 0. The number of rotatable bonds is 7. The summed E-state index contributed by atoms with van der Waals surface area (Å²) in [4.78, 5) is 24.1. The molecule has 0 spiro atoms. The van der Waals surface area contributed by atoms with Crippen LogP contribution in [0.25, 0.3) is 11.3 Å². The number of benzene rings is 2. The molecular formula is C25H28N4O2. The van der Waals surface area contributed by atoms with E-state index in [1.165, 1.54) is 19.3 Å². The lowest BCUT2D eigenvalue weighted by molar-refractivity contribution is 0.0951. The van der Waals surface area contributed by atoms with E-state index >= 15 is 0 Å². The number of nitrogens with zero attached hydrogens (tertiary/aromatic N) is 3. The van der Waals surface area contributed by atoms with Crippen LogP contribution in [0.3, 0.4) is 0 Å². The van der Waals surface area contributed by atoms with Crippen LogP contribution in [0.1, 0.15) is 42.1 Å². The first kappa shape index (κ1) is 20.8. The highest BCUT2D eigenvalue weighted by molar-refractivity contribution is 5.94. The predicted octanol–water partition coefficient (Wildman–Crippen LogP) is 4.46. The number of ether oxygens (including phenoxy) is 1. The van der Waals surface area contributed by atoms with E-state index < -0.39 is 0 Å². The van der Waals surface area contributed by atoms with Crippen molar-refractivity contribution in [1.29, 1.82) is 0 Å². The Morgan fingerprint density at radius 3 is 2.58 bits per heavy atom. The van der Waals surface area contributed by atoms with E-state index in [-0.39, 0.29) is 5.91 Å². The van der Waals surface area contributed by atoms with Gasteiger partial charge in [0, 0.05) is 43.2 Å². The molecule has 1 aliphatic heterocycles. The highest BCUT2D eigenvalue weighted by Gasteiger charge is 2.18. The Labute approximate surface area is 183 Å². The van der Waals surface area contributed by atoms with Gasteiger partial charge < -0.3 is 15.0 Å². The maximum absolute atomic E-state index is 12.6. The van der Waals surface area contributed by atoms with Gasteiger partial charge in [-0.1, -0.05) is 24.3 Å². The summed E-state index contributed by atoms with van der Waals surface area (Å²) in [6, 6.07) is 15.3. The van der Waals surface area contributed by atoms with E-state index in [1.54, 1.807) is 12.4 Å². The molecule has 2 heterocycles. The molecule has 6 heteroatoms. The lowest BCUT2D eigenvalue weighted by atomic mass is 10.1. The fourth-order valence-electron chi connectivity index (χ4n) is 3.85. The van der Waals surface area contributed by atoms with E-state index in [4.69, 9.17) is 4.74 Å². The number of amides is 1. The van der Waals surface area contributed by atoms with Gasteiger partial charge in [-0.15, -0.1) is 0 Å². The first-order valence-corrected chi connectivity index (χ1v) is 10.9. The smallest absolute Gasteiger partial charge is 0.251 e. The number of nitrogens with one attached hydrogen (secondary N) is 1. The maximum Gasteiger partial charge on any atom is 0.251 e. The molecule has 0 saturated carbocycles. The van der Waals surface area contributed by atoms with E-state index in [0.29, 0.717) is 18.7 Å². The zero-order chi connectivity index (χ0) is 21.5. The van der Waals surface area contributed by atoms with Crippen LogP contribution >= 0.6 is 0 Å². The van der Waals surface area contributed by atoms with Crippen LogP contribution in [-0.2, 0) is 6.54 Å². The maximum atomic E-state index is 12.6. The summed E-state index contributed by atoms with van der Waals surface area (Å²) in [6.07, 6.45) is 7.10. The zero-order valence-corrected chi connectivity index (χ0v) is 17.9. The molecule has 3 aromatic rings. The van der Waals surface area contributed by atoms with E-state index in [1.807, 2.05) is 55.5 Å². The molecule has 31 heavy (non-hydrogen) atoms. The first-order valence-electron chi connectivity index (χ1n) is 10.9. The monoisotopic (exact) mass is 416 g/mol. The Balaban J connectivity index is 1.44. The van der Waals surface area contributed by atoms with Crippen LogP contribution < -0.4 is 15.0 Å². The second-order valence-electron chi connectivity index (χ2n) is 7.62. The summed E-state index contributed by atoms with van der Waals surface area (Å²) >= 11 is 0. The van der Waals surface area contributed by atoms with E-state index in [0.717, 1.165) is 41.5 Å². The van der Waals surface area contributed by atoms with Crippen LogP contribution in [0.4, 0.5) is 5.82 Å². The molecule has 0 radical (unpaired) electrons. The van der Waals surface area contributed by atoms with Crippen molar-refractivity contribution < 1.29 is 9.53 Å². The van der Waals surface area contributed by atoms with Crippen molar-refractivity contribution in [2.45, 2.75) is 32.7 Å². The molecule has 0 unspecified atom stereocenters. The normalized spacial score (nSPS) is 13.6. The lowest BCUT2D eigenvalue weighted by Gasteiger charge is -2.28. The van der Waals surface area contributed by atoms with Gasteiger partial charge >= 0.3 is 0 Å². The molecule has 0 bridgehead atoms. The largest absolute Gasteiger partial charge is 0.494 e. The van der Waals surface area contributed by atoms with Gasteiger partial charge in [0.25, 0.3) is 5.91 Å². The minimum Gasteiger partial charge on any atom is -0.494 e. The van der Waals surface area contributed by atoms with Crippen molar-refractivity contribution in [2.24, 2.45) is 0 Å². The number of piperidine rings is 1. The summed E-state index contributed by atoms with van der Waals surface area (Å²) in [5.74, 6) is 1.63. The number of aromatic nitrogens is 2. The molecule has 160 valence electrons. The van der Waals surface area contributed by atoms with Gasteiger partial charge in [-0.2, -0.15) is 0 Å². The van der Waals surface area contributed by atoms with E-state index in [9.17, 15) is 4.79 Å². The molecule has 2 aromatic carbocycles. The quantitative estimate of drug-likeness (QED) is 0.616. The van der Waals surface area contributed by atoms with Gasteiger partial charge in [0.15, 0.2) is 5.82 Å². The van der Waals surface area contributed by atoms with Crippen LogP contribution in [0.15, 0.2) is 60.9 Å². The molecule has 1 amide bonds. The molecule has 1 N–H and O–H groups in total. The Morgan fingerprint density at radius 2 is 1.81 bits per heavy atom. The van der Waals surface area contributed by atoms with Crippen molar-refractivity contribution in [3.63, 3.8) is 0 Å². The molecule has 1 aromatic heterocycles. The van der Waals surface area contributed by atoms with Crippen LogP contribution in [0.2, 0.25) is 0 Å². The number of anilines is 1. The van der Waals surface area contributed by atoms with Crippen LogP contribution in [0, 0.1) is 0 Å². The predicted molar refractivity (Wildman–Crippen MR) is 122 cm³/mol. The van der Waals surface area contributed by atoms with Gasteiger partial charge in [0.2, 0.25) is 0 Å². The van der Waals surface area contributed by atoms with Gasteiger partial charge in [-0.05, 0) is 56.0 Å². The molecule has 1 fully saturated rings. The fraction of sp³-hybridized carbons (Fsp3) is 0.320. The van der Waals surface area contributed by atoms with E-state index in [2.05, 4.69) is 20.2 Å². The summed E-state index contributed by atoms with van der Waals surface area (Å²) < 4.78 is 5.52. The summed E-state index contributed by atoms with van der Waals surface area (Å²) in [5.41, 5.74) is 3.45. The van der Waals surface area contributed by atoms with Crippen molar-refractivity contribution >= 4 is 11.7 Å². The Kier molecular flexibility index (Phi) is 6.77. The molecule has 1 saturated heterocycles. The Hall–Kier alpha value is -3.41. The zero-order valence-electron chi connectivity index (χ0n) is 17.9. The van der Waals surface area contributed by atoms with Gasteiger partial charge in [0.1, 0.15) is 11.4 Å². The molecule has 4 rings (SSSR count). The number of hydrogen-bond acceptors (Lipinski definition) is 5.